The molecule has 0 radical (unpaired) electrons. The Morgan fingerprint density at radius 1 is 1.39 bits per heavy atom. The number of carbonyl (C=O) groups is 1. The van der Waals surface area contributed by atoms with E-state index in [0.29, 0.717) is 19.5 Å². The van der Waals surface area contributed by atoms with E-state index in [1.165, 1.54) is 0 Å². The lowest BCUT2D eigenvalue weighted by Crippen LogP contribution is -2.39. The summed E-state index contributed by atoms with van der Waals surface area (Å²) >= 11 is 0. The number of fused-ring (bicyclic) bond motifs is 1. The highest BCUT2D eigenvalue weighted by atomic mass is 16.3. The molecule has 0 aromatic heterocycles. The van der Waals surface area contributed by atoms with Crippen molar-refractivity contribution >= 4 is 5.91 Å². The Morgan fingerprint density at radius 2 is 2.06 bits per heavy atom. The average Bonchev–Trinajstić information content (AvgIpc) is 2.69. The lowest BCUT2D eigenvalue weighted by Gasteiger charge is -2.22. The number of hydrogen-bond acceptors (Lipinski definition) is 3. The number of nitrogens with zero attached hydrogens (tertiary/aromatic N) is 1. The molecule has 1 aliphatic rings. The van der Waals surface area contributed by atoms with Crippen LogP contribution in [0.25, 0.3) is 0 Å². The van der Waals surface area contributed by atoms with Crippen LogP contribution in [-0.2, 0) is 24.5 Å². The maximum absolute atomic E-state index is 12.1. The molecule has 4 heteroatoms. The SMILES string of the molecule is CC(C)(N)CC(=O)N1Cc2ccc(CO)cc2C1. The van der Waals surface area contributed by atoms with E-state index in [4.69, 9.17) is 10.8 Å². The monoisotopic (exact) mass is 248 g/mol. The highest BCUT2D eigenvalue weighted by Gasteiger charge is 2.26. The minimum absolute atomic E-state index is 0.0387. The second kappa shape index (κ2) is 4.71. The van der Waals surface area contributed by atoms with Crippen molar-refractivity contribution in [1.82, 2.24) is 4.90 Å². The molecule has 0 spiro atoms. The quantitative estimate of drug-likeness (QED) is 0.843. The summed E-state index contributed by atoms with van der Waals surface area (Å²) in [6.07, 6.45) is 0.355. The predicted molar refractivity (Wildman–Crippen MR) is 69.5 cm³/mol. The van der Waals surface area contributed by atoms with E-state index >= 15 is 0 Å². The van der Waals surface area contributed by atoms with Gasteiger partial charge in [0.1, 0.15) is 0 Å². The van der Waals surface area contributed by atoms with Crippen molar-refractivity contribution in [3.05, 3.63) is 34.9 Å². The lowest BCUT2D eigenvalue weighted by molar-refractivity contribution is -0.132. The van der Waals surface area contributed by atoms with Crippen LogP contribution in [0.1, 0.15) is 37.0 Å². The molecule has 0 saturated carbocycles. The van der Waals surface area contributed by atoms with Crippen LogP contribution < -0.4 is 5.73 Å². The molecule has 2 rings (SSSR count). The van der Waals surface area contributed by atoms with Crippen LogP contribution in [0, 0.1) is 0 Å². The highest BCUT2D eigenvalue weighted by Crippen LogP contribution is 2.25. The number of nitrogens with two attached hydrogens (primary N) is 1. The van der Waals surface area contributed by atoms with Crippen LogP contribution in [0.4, 0.5) is 0 Å². The molecule has 1 aliphatic heterocycles. The molecule has 3 N–H and O–H groups in total. The number of amides is 1. The first-order valence-corrected chi connectivity index (χ1v) is 6.17. The maximum atomic E-state index is 12.1. The van der Waals surface area contributed by atoms with Crippen molar-refractivity contribution in [2.75, 3.05) is 0 Å². The summed E-state index contributed by atoms with van der Waals surface area (Å²) < 4.78 is 0. The average molecular weight is 248 g/mol. The Balaban J connectivity index is 2.08. The summed E-state index contributed by atoms with van der Waals surface area (Å²) in [5.74, 6) is 0.0873. The molecule has 0 atom stereocenters. The Kier molecular flexibility index (Phi) is 3.41. The van der Waals surface area contributed by atoms with E-state index in [-0.39, 0.29) is 12.5 Å². The first kappa shape index (κ1) is 13.1. The number of aliphatic hydroxyl groups excluding tert-OH is 1. The first-order valence-electron chi connectivity index (χ1n) is 6.17. The second-order valence-corrected chi connectivity index (χ2v) is 5.68. The molecule has 0 unspecified atom stereocenters. The standard InChI is InChI=1S/C14H20N2O2/c1-14(2,15)6-13(18)16-7-11-4-3-10(9-17)5-12(11)8-16/h3-5,17H,6-9,15H2,1-2H3. The zero-order valence-electron chi connectivity index (χ0n) is 10.9. The molecule has 0 bridgehead atoms. The smallest absolute Gasteiger partial charge is 0.224 e. The second-order valence-electron chi connectivity index (χ2n) is 5.68. The van der Waals surface area contributed by atoms with Crippen molar-refractivity contribution < 1.29 is 9.90 Å². The molecule has 1 aromatic rings. The van der Waals surface area contributed by atoms with Crippen molar-refractivity contribution in [2.45, 2.75) is 45.5 Å². The van der Waals surface area contributed by atoms with E-state index in [1.807, 2.05) is 36.9 Å². The number of rotatable bonds is 3. The fraction of sp³-hybridized carbons (Fsp3) is 0.500. The van der Waals surface area contributed by atoms with Crippen LogP contribution in [-0.4, -0.2) is 21.5 Å². The van der Waals surface area contributed by atoms with Gasteiger partial charge < -0.3 is 15.7 Å². The molecule has 1 aromatic carbocycles. The van der Waals surface area contributed by atoms with Crippen molar-refractivity contribution in [3.8, 4) is 0 Å². The third-order valence-corrected chi connectivity index (χ3v) is 3.14. The normalized spacial score (nSPS) is 14.8. The summed E-state index contributed by atoms with van der Waals surface area (Å²) in [4.78, 5) is 13.9. The van der Waals surface area contributed by atoms with Crippen LogP contribution in [0.2, 0.25) is 0 Å². The Hall–Kier alpha value is -1.39. The third-order valence-electron chi connectivity index (χ3n) is 3.14. The van der Waals surface area contributed by atoms with E-state index in [2.05, 4.69) is 0 Å². The van der Waals surface area contributed by atoms with E-state index < -0.39 is 5.54 Å². The van der Waals surface area contributed by atoms with Gasteiger partial charge >= 0.3 is 0 Å². The number of carbonyl (C=O) groups excluding carboxylic acids is 1. The van der Waals surface area contributed by atoms with Gasteiger partial charge in [-0.2, -0.15) is 0 Å². The van der Waals surface area contributed by atoms with Gasteiger partial charge in [0, 0.05) is 25.0 Å². The molecule has 1 heterocycles. The zero-order chi connectivity index (χ0) is 13.3. The summed E-state index contributed by atoms with van der Waals surface area (Å²) in [5, 5.41) is 9.10. The molecule has 0 saturated heterocycles. The Bertz CT molecular complexity index is 463. The van der Waals surface area contributed by atoms with Crippen molar-refractivity contribution in [3.63, 3.8) is 0 Å². The van der Waals surface area contributed by atoms with Gasteiger partial charge in [0.05, 0.1) is 6.61 Å². The minimum Gasteiger partial charge on any atom is -0.392 e. The predicted octanol–water partition coefficient (Wildman–Crippen LogP) is 1.15. The summed E-state index contributed by atoms with van der Waals surface area (Å²) in [5.41, 5.74) is 8.59. The van der Waals surface area contributed by atoms with Gasteiger partial charge in [0.25, 0.3) is 0 Å². The van der Waals surface area contributed by atoms with Crippen LogP contribution in [0.15, 0.2) is 18.2 Å². The highest BCUT2D eigenvalue weighted by molar-refractivity contribution is 5.78. The Morgan fingerprint density at radius 3 is 2.67 bits per heavy atom. The molecular formula is C14H20N2O2. The van der Waals surface area contributed by atoms with E-state index in [0.717, 1.165) is 16.7 Å². The Labute approximate surface area is 107 Å². The molecule has 1 amide bonds. The molecule has 0 aliphatic carbocycles. The fourth-order valence-corrected chi connectivity index (χ4v) is 2.22. The molecular weight excluding hydrogens is 228 g/mol. The molecule has 98 valence electrons. The van der Waals surface area contributed by atoms with Crippen LogP contribution in [0.3, 0.4) is 0 Å². The zero-order valence-corrected chi connectivity index (χ0v) is 10.9. The fourth-order valence-electron chi connectivity index (χ4n) is 2.22. The van der Waals surface area contributed by atoms with Crippen LogP contribution in [0.5, 0.6) is 0 Å². The van der Waals surface area contributed by atoms with Gasteiger partial charge in [-0.1, -0.05) is 18.2 Å². The van der Waals surface area contributed by atoms with Gasteiger partial charge in [-0.3, -0.25) is 4.79 Å². The summed E-state index contributed by atoms with van der Waals surface area (Å²) in [7, 11) is 0. The van der Waals surface area contributed by atoms with E-state index in [1.54, 1.807) is 0 Å². The first-order chi connectivity index (χ1) is 8.39. The summed E-state index contributed by atoms with van der Waals surface area (Å²) in [6, 6.07) is 5.86. The van der Waals surface area contributed by atoms with Gasteiger partial charge in [-0.25, -0.2) is 0 Å². The van der Waals surface area contributed by atoms with E-state index in [9.17, 15) is 4.79 Å². The van der Waals surface area contributed by atoms with Gasteiger partial charge in [0.2, 0.25) is 5.91 Å². The van der Waals surface area contributed by atoms with Crippen LogP contribution >= 0.6 is 0 Å². The largest absolute Gasteiger partial charge is 0.392 e. The van der Waals surface area contributed by atoms with Crippen molar-refractivity contribution in [2.24, 2.45) is 5.73 Å². The number of benzene rings is 1. The van der Waals surface area contributed by atoms with Crippen molar-refractivity contribution in [1.29, 1.82) is 0 Å². The minimum atomic E-state index is -0.470. The number of aliphatic hydroxyl groups is 1. The summed E-state index contributed by atoms with van der Waals surface area (Å²) in [6.45, 7) is 5.03. The van der Waals surface area contributed by atoms with Gasteiger partial charge in [-0.05, 0) is 30.5 Å². The maximum Gasteiger partial charge on any atom is 0.224 e. The topological polar surface area (TPSA) is 66.6 Å². The number of hydrogen-bond donors (Lipinski definition) is 2. The molecule has 18 heavy (non-hydrogen) atoms. The lowest BCUT2D eigenvalue weighted by atomic mass is 10.0. The molecule has 0 fully saturated rings. The van der Waals surface area contributed by atoms with Gasteiger partial charge in [0.15, 0.2) is 0 Å². The van der Waals surface area contributed by atoms with Gasteiger partial charge in [-0.15, -0.1) is 0 Å². The molecule has 4 nitrogen and oxygen atoms in total. The third kappa shape index (κ3) is 2.89.